The number of likely N-dealkylation sites (tertiary alicyclic amines) is 1. The number of rotatable bonds is 6. The van der Waals surface area contributed by atoms with Crippen molar-refractivity contribution < 1.29 is 10.0 Å². The molecule has 1 unspecified atom stereocenters. The number of hydrogen-bond acceptors (Lipinski definition) is 6. The number of carbonyl (C=O) groups excluding carboxylic acids is 1. The van der Waals surface area contributed by atoms with Crippen molar-refractivity contribution in [2.24, 2.45) is 7.05 Å². The van der Waals surface area contributed by atoms with E-state index in [2.05, 4.69) is 32.6 Å². The fourth-order valence-electron chi connectivity index (χ4n) is 3.21. The molecule has 1 aromatic heterocycles. The maximum atomic E-state index is 11.0. The molecule has 0 bridgehead atoms. The minimum Gasteiger partial charge on any atom is -0.296 e. The summed E-state index contributed by atoms with van der Waals surface area (Å²) in [4.78, 5) is 13.5. The zero-order valence-corrected chi connectivity index (χ0v) is 14.2. The topological polar surface area (TPSA) is 96.2 Å². The molecule has 132 valence electrons. The average Bonchev–Trinajstić information content (AvgIpc) is 3.27. The molecule has 25 heavy (non-hydrogen) atoms. The van der Waals surface area contributed by atoms with Gasteiger partial charge >= 0.3 is 0 Å². The van der Waals surface area contributed by atoms with E-state index < -0.39 is 5.91 Å². The second-order valence-corrected chi connectivity index (χ2v) is 6.14. The SMILES string of the molecule is Cn1nnnc1CCN1CCCC1c1ccc(C=CC(=O)NO)cc1. The van der Waals surface area contributed by atoms with E-state index in [4.69, 9.17) is 5.21 Å². The molecular formula is C17H22N6O2. The second-order valence-electron chi connectivity index (χ2n) is 6.14. The number of hydroxylamine groups is 1. The summed E-state index contributed by atoms with van der Waals surface area (Å²) in [6.07, 6.45) is 6.12. The van der Waals surface area contributed by atoms with E-state index in [1.54, 1.807) is 16.2 Å². The van der Waals surface area contributed by atoms with Gasteiger partial charge in [0, 0.05) is 32.1 Å². The van der Waals surface area contributed by atoms with Gasteiger partial charge in [-0.1, -0.05) is 24.3 Å². The number of tetrazole rings is 1. The Bertz CT molecular complexity index is 740. The number of nitrogens with zero attached hydrogens (tertiary/aromatic N) is 5. The molecule has 8 heteroatoms. The Balaban J connectivity index is 1.62. The summed E-state index contributed by atoms with van der Waals surface area (Å²) >= 11 is 0. The molecule has 1 aromatic carbocycles. The molecule has 2 aromatic rings. The van der Waals surface area contributed by atoms with E-state index in [1.165, 1.54) is 18.1 Å². The molecule has 2 N–H and O–H groups in total. The van der Waals surface area contributed by atoms with E-state index in [9.17, 15) is 4.79 Å². The third kappa shape index (κ3) is 4.28. The van der Waals surface area contributed by atoms with Crippen LogP contribution >= 0.6 is 0 Å². The van der Waals surface area contributed by atoms with E-state index in [0.717, 1.165) is 37.3 Å². The van der Waals surface area contributed by atoms with Crippen molar-refractivity contribution in [3.05, 3.63) is 47.3 Å². The molecule has 8 nitrogen and oxygen atoms in total. The van der Waals surface area contributed by atoms with E-state index in [-0.39, 0.29) is 0 Å². The first-order valence-corrected chi connectivity index (χ1v) is 8.35. The van der Waals surface area contributed by atoms with Crippen molar-refractivity contribution in [2.45, 2.75) is 25.3 Å². The molecule has 1 fully saturated rings. The number of aromatic nitrogens is 4. The van der Waals surface area contributed by atoms with Crippen LogP contribution < -0.4 is 5.48 Å². The van der Waals surface area contributed by atoms with Crippen LogP contribution in [0.5, 0.6) is 0 Å². The lowest BCUT2D eigenvalue weighted by atomic mass is 10.0. The number of nitrogens with one attached hydrogen (secondary N) is 1. The molecule has 1 saturated heterocycles. The molecule has 2 heterocycles. The zero-order valence-electron chi connectivity index (χ0n) is 14.2. The Morgan fingerprint density at radius 3 is 2.88 bits per heavy atom. The largest absolute Gasteiger partial charge is 0.296 e. The van der Waals surface area contributed by atoms with Gasteiger partial charge in [-0.2, -0.15) is 0 Å². The lowest BCUT2D eigenvalue weighted by molar-refractivity contribution is -0.124. The molecule has 3 rings (SSSR count). The third-order valence-electron chi connectivity index (χ3n) is 4.55. The van der Waals surface area contributed by atoms with Crippen LogP contribution in [-0.4, -0.2) is 49.3 Å². The van der Waals surface area contributed by atoms with Gasteiger partial charge in [0.2, 0.25) is 0 Å². The van der Waals surface area contributed by atoms with Crippen LogP contribution in [0.2, 0.25) is 0 Å². The summed E-state index contributed by atoms with van der Waals surface area (Å²) in [5.41, 5.74) is 3.77. The highest BCUT2D eigenvalue weighted by atomic mass is 16.5. The van der Waals surface area contributed by atoms with Crippen LogP contribution in [0.25, 0.3) is 6.08 Å². The molecule has 1 aliphatic rings. The molecule has 1 amide bonds. The van der Waals surface area contributed by atoms with Crippen LogP contribution in [0.1, 0.15) is 35.8 Å². The first-order valence-electron chi connectivity index (χ1n) is 8.35. The number of carbonyl (C=O) groups is 1. The fourth-order valence-corrected chi connectivity index (χ4v) is 3.21. The van der Waals surface area contributed by atoms with Gasteiger partial charge in [0.05, 0.1) is 0 Å². The van der Waals surface area contributed by atoms with Crippen LogP contribution in [0.3, 0.4) is 0 Å². The Morgan fingerprint density at radius 1 is 1.40 bits per heavy atom. The summed E-state index contributed by atoms with van der Waals surface area (Å²) in [6, 6.07) is 8.58. The van der Waals surface area contributed by atoms with Gasteiger partial charge in [0.25, 0.3) is 5.91 Å². The Morgan fingerprint density at radius 2 is 2.20 bits per heavy atom. The lowest BCUT2D eigenvalue weighted by Gasteiger charge is -2.24. The van der Waals surface area contributed by atoms with Gasteiger partial charge < -0.3 is 0 Å². The predicted molar refractivity (Wildman–Crippen MR) is 91.5 cm³/mol. The molecule has 1 atom stereocenters. The van der Waals surface area contributed by atoms with Crippen molar-refractivity contribution in [1.82, 2.24) is 30.6 Å². The van der Waals surface area contributed by atoms with Crippen molar-refractivity contribution >= 4 is 12.0 Å². The molecule has 0 aliphatic carbocycles. The lowest BCUT2D eigenvalue weighted by Crippen LogP contribution is -2.26. The zero-order chi connectivity index (χ0) is 17.6. The van der Waals surface area contributed by atoms with E-state index in [1.807, 2.05) is 19.2 Å². The van der Waals surface area contributed by atoms with Gasteiger partial charge in [-0.15, -0.1) is 5.10 Å². The first kappa shape index (κ1) is 17.2. The quantitative estimate of drug-likeness (QED) is 0.464. The van der Waals surface area contributed by atoms with Crippen LogP contribution in [0.15, 0.2) is 30.3 Å². The molecule has 0 spiro atoms. The van der Waals surface area contributed by atoms with Crippen LogP contribution in [-0.2, 0) is 18.3 Å². The highest BCUT2D eigenvalue weighted by molar-refractivity contribution is 5.90. The Kier molecular flexibility index (Phi) is 5.52. The summed E-state index contributed by atoms with van der Waals surface area (Å²) in [5, 5.41) is 20.1. The minimum atomic E-state index is -0.538. The summed E-state index contributed by atoms with van der Waals surface area (Å²) < 4.78 is 1.72. The average molecular weight is 342 g/mol. The number of amides is 1. The Labute approximate surface area is 146 Å². The molecule has 0 saturated carbocycles. The summed E-state index contributed by atoms with van der Waals surface area (Å²) in [7, 11) is 1.86. The van der Waals surface area contributed by atoms with Gasteiger partial charge in [-0.25, -0.2) is 10.2 Å². The highest BCUT2D eigenvalue weighted by Crippen LogP contribution is 2.32. The standard InChI is InChI=1S/C17H22N6O2/c1-22-16(18-20-21-22)10-12-23-11-2-3-15(23)14-7-4-13(5-8-14)6-9-17(24)19-25/h4-9,15,25H,2-3,10-12H2,1H3,(H,19,24). The molecular weight excluding hydrogens is 320 g/mol. The van der Waals surface area contributed by atoms with Crippen molar-refractivity contribution in [1.29, 1.82) is 0 Å². The normalized spacial score (nSPS) is 18.1. The van der Waals surface area contributed by atoms with Gasteiger partial charge in [0.1, 0.15) is 0 Å². The van der Waals surface area contributed by atoms with E-state index in [0.29, 0.717) is 6.04 Å². The monoisotopic (exact) mass is 342 g/mol. The van der Waals surface area contributed by atoms with Gasteiger partial charge in [-0.3, -0.25) is 14.9 Å². The van der Waals surface area contributed by atoms with Gasteiger partial charge in [0.15, 0.2) is 5.82 Å². The third-order valence-corrected chi connectivity index (χ3v) is 4.55. The Hall–Kier alpha value is -2.58. The van der Waals surface area contributed by atoms with Crippen LogP contribution in [0.4, 0.5) is 0 Å². The van der Waals surface area contributed by atoms with Gasteiger partial charge in [-0.05, 0) is 47.0 Å². The van der Waals surface area contributed by atoms with E-state index >= 15 is 0 Å². The number of hydrogen-bond donors (Lipinski definition) is 2. The molecule has 1 aliphatic heterocycles. The number of benzene rings is 1. The van der Waals surface area contributed by atoms with Crippen molar-refractivity contribution in [2.75, 3.05) is 13.1 Å². The first-order chi connectivity index (χ1) is 12.2. The number of aryl methyl sites for hydroxylation is 1. The maximum absolute atomic E-state index is 11.0. The predicted octanol–water partition coefficient (Wildman–Crippen LogP) is 1.11. The fraction of sp³-hybridized carbons (Fsp3) is 0.412. The summed E-state index contributed by atoms with van der Waals surface area (Å²) in [5.74, 6) is 0.359. The highest BCUT2D eigenvalue weighted by Gasteiger charge is 2.25. The van der Waals surface area contributed by atoms with Crippen LogP contribution in [0, 0.1) is 0 Å². The van der Waals surface area contributed by atoms with Crippen molar-refractivity contribution in [3.8, 4) is 0 Å². The minimum absolute atomic E-state index is 0.403. The second kappa shape index (κ2) is 8.00. The molecule has 0 radical (unpaired) electrons. The summed E-state index contributed by atoms with van der Waals surface area (Å²) in [6.45, 7) is 2.01. The van der Waals surface area contributed by atoms with Crippen molar-refractivity contribution in [3.63, 3.8) is 0 Å². The smallest absolute Gasteiger partial charge is 0.267 e. The maximum Gasteiger partial charge on any atom is 0.267 e.